The number of esters is 1. The lowest BCUT2D eigenvalue weighted by Crippen LogP contribution is -2.29. The lowest BCUT2D eigenvalue weighted by Gasteiger charge is -2.12. The molecule has 1 unspecified atom stereocenters. The monoisotopic (exact) mass is 341 g/mol. The predicted octanol–water partition coefficient (Wildman–Crippen LogP) is 3.37. The van der Waals surface area contributed by atoms with Crippen molar-refractivity contribution in [2.75, 3.05) is 5.32 Å². The fourth-order valence-corrected chi connectivity index (χ4v) is 1.99. The van der Waals surface area contributed by atoms with E-state index >= 15 is 0 Å². The van der Waals surface area contributed by atoms with E-state index in [1.165, 1.54) is 26.0 Å². The molecule has 1 heterocycles. The van der Waals surface area contributed by atoms with Gasteiger partial charge in [0.25, 0.3) is 5.91 Å². The summed E-state index contributed by atoms with van der Waals surface area (Å²) in [7, 11) is 0. The van der Waals surface area contributed by atoms with Crippen molar-refractivity contribution in [2.24, 2.45) is 0 Å². The van der Waals surface area contributed by atoms with Gasteiger partial charge in [0.2, 0.25) is 0 Å². The molecule has 1 amide bonds. The summed E-state index contributed by atoms with van der Waals surface area (Å²) in [6.45, 7) is 4.74. The van der Waals surface area contributed by atoms with E-state index in [-0.39, 0.29) is 5.78 Å². The van der Waals surface area contributed by atoms with Gasteiger partial charge in [0, 0.05) is 17.3 Å². The van der Waals surface area contributed by atoms with Gasteiger partial charge in [-0.05, 0) is 63.2 Å². The molecule has 1 atom stereocenters. The maximum absolute atomic E-state index is 12.0. The molecule has 6 nitrogen and oxygen atoms in total. The van der Waals surface area contributed by atoms with Crippen LogP contribution in [0.5, 0.6) is 0 Å². The van der Waals surface area contributed by atoms with Gasteiger partial charge in [-0.15, -0.1) is 0 Å². The molecule has 2 aromatic rings. The Morgan fingerprint density at radius 3 is 2.36 bits per heavy atom. The molecule has 25 heavy (non-hydrogen) atoms. The van der Waals surface area contributed by atoms with Gasteiger partial charge in [-0.3, -0.25) is 9.59 Å². The molecule has 0 bridgehead atoms. The highest BCUT2D eigenvalue weighted by Gasteiger charge is 2.16. The van der Waals surface area contributed by atoms with Crippen LogP contribution in [0.25, 0.3) is 6.08 Å². The van der Waals surface area contributed by atoms with Crippen LogP contribution in [0.4, 0.5) is 5.69 Å². The molecule has 0 fully saturated rings. The van der Waals surface area contributed by atoms with Crippen LogP contribution < -0.4 is 5.32 Å². The highest BCUT2D eigenvalue weighted by Crippen LogP contribution is 2.11. The summed E-state index contributed by atoms with van der Waals surface area (Å²) in [5.74, 6) is 0.0854. The lowest BCUT2D eigenvalue weighted by molar-refractivity contribution is -0.148. The molecule has 6 heteroatoms. The Bertz CT molecular complexity index is 801. The minimum absolute atomic E-state index is 0.0567. The van der Waals surface area contributed by atoms with E-state index in [2.05, 4.69) is 5.32 Å². The zero-order chi connectivity index (χ0) is 18.4. The van der Waals surface area contributed by atoms with Gasteiger partial charge >= 0.3 is 5.97 Å². The quantitative estimate of drug-likeness (QED) is 0.494. The number of rotatable bonds is 6. The molecule has 130 valence electrons. The summed E-state index contributed by atoms with van der Waals surface area (Å²) in [6, 6.07) is 9.95. The molecular formula is C19H19NO5. The lowest BCUT2D eigenvalue weighted by atomic mass is 10.1. The second-order valence-electron chi connectivity index (χ2n) is 5.48. The van der Waals surface area contributed by atoms with Crippen LogP contribution in [-0.2, 0) is 14.3 Å². The SMILES string of the molecule is CC(=O)c1ccc(NC(=O)C(C)OC(=O)/C=C/c2ccc(C)o2)cc1. The van der Waals surface area contributed by atoms with Crippen LogP contribution in [0.1, 0.15) is 35.7 Å². The van der Waals surface area contributed by atoms with E-state index in [0.717, 1.165) is 5.76 Å². The van der Waals surface area contributed by atoms with Crippen molar-refractivity contribution in [2.45, 2.75) is 26.9 Å². The van der Waals surface area contributed by atoms with Crippen LogP contribution >= 0.6 is 0 Å². The number of anilines is 1. The third-order valence-electron chi connectivity index (χ3n) is 3.37. The Kier molecular flexibility index (Phi) is 5.89. The zero-order valence-corrected chi connectivity index (χ0v) is 14.2. The van der Waals surface area contributed by atoms with Crippen molar-refractivity contribution in [1.29, 1.82) is 0 Å². The summed E-state index contributed by atoms with van der Waals surface area (Å²) in [5.41, 5.74) is 1.07. The first-order valence-corrected chi connectivity index (χ1v) is 7.72. The van der Waals surface area contributed by atoms with Gasteiger partial charge in [0.15, 0.2) is 11.9 Å². The van der Waals surface area contributed by atoms with E-state index in [4.69, 9.17) is 9.15 Å². The molecular weight excluding hydrogens is 322 g/mol. The number of Topliss-reactive ketones (excluding diaryl/α,β-unsaturated/α-hetero) is 1. The number of hydrogen-bond donors (Lipinski definition) is 1. The molecule has 0 aliphatic carbocycles. The van der Waals surface area contributed by atoms with Crippen molar-refractivity contribution in [3.8, 4) is 0 Å². The van der Waals surface area contributed by atoms with Crippen LogP contribution in [0, 0.1) is 6.92 Å². The minimum Gasteiger partial charge on any atom is -0.462 e. The first kappa shape index (κ1) is 18.2. The van der Waals surface area contributed by atoms with Gasteiger partial charge in [0.05, 0.1) is 0 Å². The normalized spacial score (nSPS) is 12.0. The summed E-state index contributed by atoms with van der Waals surface area (Å²) in [5, 5.41) is 2.62. The summed E-state index contributed by atoms with van der Waals surface area (Å²) in [6.07, 6.45) is 1.70. The Morgan fingerprint density at radius 2 is 1.80 bits per heavy atom. The summed E-state index contributed by atoms with van der Waals surface area (Å²) in [4.78, 5) is 35.0. The van der Waals surface area contributed by atoms with E-state index in [1.54, 1.807) is 43.3 Å². The van der Waals surface area contributed by atoms with Crippen molar-refractivity contribution >= 4 is 29.4 Å². The summed E-state index contributed by atoms with van der Waals surface area (Å²) < 4.78 is 10.3. The molecule has 1 aromatic carbocycles. The molecule has 0 aliphatic rings. The van der Waals surface area contributed by atoms with Crippen LogP contribution in [-0.4, -0.2) is 23.8 Å². The molecule has 0 radical (unpaired) electrons. The number of ketones is 1. The molecule has 0 saturated carbocycles. The van der Waals surface area contributed by atoms with E-state index in [1.807, 2.05) is 0 Å². The fourth-order valence-electron chi connectivity index (χ4n) is 1.99. The van der Waals surface area contributed by atoms with Crippen LogP contribution in [0.3, 0.4) is 0 Å². The Labute approximate surface area is 145 Å². The number of carbonyl (C=O) groups excluding carboxylic acids is 3. The van der Waals surface area contributed by atoms with E-state index in [0.29, 0.717) is 17.0 Å². The van der Waals surface area contributed by atoms with Gasteiger partial charge in [0.1, 0.15) is 11.5 Å². The van der Waals surface area contributed by atoms with Gasteiger partial charge < -0.3 is 14.5 Å². The maximum atomic E-state index is 12.0. The minimum atomic E-state index is -0.969. The number of amides is 1. The molecule has 2 rings (SSSR count). The van der Waals surface area contributed by atoms with E-state index < -0.39 is 18.0 Å². The first-order chi connectivity index (χ1) is 11.8. The smallest absolute Gasteiger partial charge is 0.331 e. The van der Waals surface area contributed by atoms with Crippen molar-refractivity contribution in [3.05, 3.63) is 59.6 Å². The number of furan rings is 1. The molecule has 1 aromatic heterocycles. The third-order valence-corrected chi connectivity index (χ3v) is 3.37. The number of hydrogen-bond acceptors (Lipinski definition) is 5. The van der Waals surface area contributed by atoms with Crippen LogP contribution in [0.15, 0.2) is 46.9 Å². The third kappa shape index (κ3) is 5.46. The zero-order valence-electron chi connectivity index (χ0n) is 14.2. The number of carbonyl (C=O) groups is 3. The average molecular weight is 341 g/mol. The Hall–Kier alpha value is -3.15. The number of aryl methyl sites for hydroxylation is 1. The second-order valence-corrected chi connectivity index (χ2v) is 5.48. The Morgan fingerprint density at radius 1 is 1.12 bits per heavy atom. The molecule has 0 aliphatic heterocycles. The number of benzene rings is 1. The highest BCUT2D eigenvalue weighted by molar-refractivity contribution is 5.98. The Balaban J connectivity index is 1.87. The van der Waals surface area contributed by atoms with E-state index in [9.17, 15) is 14.4 Å². The van der Waals surface area contributed by atoms with Crippen LogP contribution in [0.2, 0.25) is 0 Å². The number of nitrogens with one attached hydrogen (secondary N) is 1. The predicted molar refractivity (Wildman–Crippen MR) is 93.1 cm³/mol. The maximum Gasteiger partial charge on any atom is 0.331 e. The first-order valence-electron chi connectivity index (χ1n) is 7.72. The topological polar surface area (TPSA) is 85.6 Å². The van der Waals surface area contributed by atoms with Gasteiger partial charge in [-0.2, -0.15) is 0 Å². The van der Waals surface area contributed by atoms with Gasteiger partial charge in [-0.1, -0.05) is 0 Å². The molecule has 0 spiro atoms. The molecule has 1 N–H and O–H groups in total. The van der Waals surface area contributed by atoms with Crippen molar-refractivity contribution < 1.29 is 23.5 Å². The van der Waals surface area contributed by atoms with Gasteiger partial charge in [-0.25, -0.2) is 4.79 Å². The second kappa shape index (κ2) is 8.10. The fraction of sp³-hybridized carbons (Fsp3) is 0.211. The standard InChI is InChI=1S/C19H19NO5/c1-12-4-9-17(24-12)10-11-18(22)25-14(3)19(23)20-16-7-5-15(6-8-16)13(2)21/h4-11,14H,1-3H3,(H,20,23)/b11-10+. The highest BCUT2D eigenvalue weighted by atomic mass is 16.5. The summed E-state index contributed by atoms with van der Waals surface area (Å²) >= 11 is 0. The average Bonchev–Trinajstić information content (AvgIpc) is 2.99. The number of ether oxygens (including phenoxy) is 1. The van der Waals surface area contributed by atoms with Crippen molar-refractivity contribution in [3.63, 3.8) is 0 Å². The molecule has 0 saturated heterocycles. The largest absolute Gasteiger partial charge is 0.462 e. The van der Waals surface area contributed by atoms with Crippen molar-refractivity contribution in [1.82, 2.24) is 0 Å².